The van der Waals surface area contributed by atoms with Crippen LogP contribution in [0.25, 0.3) is 0 Å². The highest BCUT2D eigenvalue weighted by Gasteiger charge is 2.22. The number of carbonyl (C=O) groups excluding carboxylic acids is 2. The fourth-order valence-corrected chi connectivity index (χ4v) is 3.71. The minimum atomic E-state index is -0.257. The van der Waals surface area contributed by atoms with Gasteiger partial charge < -0.3 is 10.6 Å². The molecule has 0 atom stereocenters. The van der Waals surface area contributed by atoms with Crippen LogP contribution in [0.5, 0.6) is 0 Å². The molecule has 1 fully saturated rings. The van der Waals surface area contributed by atoms with Crippen molar-refractivity contribution in [3.05, 3.63) is 71.3 Å². The Balaban J connectivity index is 1.44. The molecular formula is C23H28N2O2. The molecule has 2 amide bonds. The van der Waals surface area contributed by atoms with Crippen LogP contribution >= 0.6 is 0 Å². The number of primary amides is 1. The van der Waals surface area contributed by atoms with Gasteiger partial charge in [0.1, 0.15) is 0 Å². The Hall–Kier alpha value is -2.62. The molecule has 0 aliphatic carbocycles. The first-order chi connectivity index (χ1) is 13.1. The number of piperidine rings is 1. The van der Waals surface area contributed by atoms with E-state index in [2.05, 4.69) is 24.3 Å². The molecular weight excluding hydrogens is 336 g/mol. The zero-order valence-corrected chi connectivity index (χ0v) is 15.8. The lowest BCUT2D eigenvalue weighted by Crippen LogP contribution is -2.39. The quantitative estimate of drug-likeness (QED) is 0.820. The lowest BCUT2D eigenvalue weighted by Gasteiger charge is -2.32. The molecule has 3 rings (SSSR count). The number of nitrogens with zero attached hydrogens (tertiary/aromatic N) is 1. The van der Waals surface area contributed by atoms with Gasteiger partial charge in [-0.15, -0.1) is 0 Å². The number of carbonyl (C=O) groups is 2. The summed E-state index contributed by atoms with van der Waals surface area (Å²) in [6.45, 7) is 1.71. The van der Waals surface area contributed by atoms with Crippen molar-refractivity contribution in [3.63, 3.8) is 0 Å². The maximum Gasteiger partial charge on any atom is 0.226 e. The number of amides is 2. The second-order valence-corrected chi connectivity index (χ2v) is 7.47. The van der Waals surface area contributed by atoms with E-state index >= 15 is 0 Å². The number of hydrogen-bond donors (Lipinski definition) is 1. The van der Waals surface area contributed by atoms with Crippen molar-refractivity contribution in [2.75, 3.05) is 13.1 Å². The molecule has 1 saturated heterocycles. The molecule has 2 aromatic carbocycles. The fourth-order valence-electron chi connectivity index (χ4n) is 3.71. The van der Waals surface area contributed by atoms with E-state index in [0.29, 0.717) is 25.2 Å². The van der Waals surface area contributed by atoms with Crippen LogP contribution in [0.2, 0.25) is 0 Å². The van der Waals surface area contributed by atoms with E-state index < -0.39 is 0 Å². The Kier molecular flexibility index (Phi) is 6.64. The van der Waals surface area contributed by atoms with Gasteiger partial charge in [0, 0.05) is 19.5 Å². The molecule has 0 spiro atoms. The molecule has 0 aromatic heterocycles. The molecule has 4 heteroatoms. The largest absolute Gasteiger partial charge is 0.370 e. The smallest absolute Gasteiger partial charge is 0.226 e. The first-order valence-electron chi connectivity index (χ1n) is 9.78. The highest BCUT2D eigenvalue weighted by Crippen LogP contribution is 2.22. The SMILES string of the molecule is NC(=O)CCc1ccc(CC2CCN(C(=O)Cc3ccccc3)CC2)cc1. The van der Waals surface area contributed by atoms with Gasteiger partial charge in [0.05, 0.1) is 6.42 Å². The normalized spacial score (nSPS) is 14.9. The van der Waals surface area contributed by atoms with Gasteiger partial charge in [-0.1, -0.05) is 54.6 Å². The number of benzene rings is 2. The average Bonchev–Trinajstić information content (AvgIpc) is 2.69. The van der Waals surface area contributed by atoms with Crippen molar-refractivity contribution in [2.24, 2.45) is 11.7 Å². The summed E-state index contributed by atoms with van der Waals surface area (Å²) in [6, 6.07) is 18.5. The van der Waals surface area contributed by atoms with Gasteiger partial charge >= 0.3 is 0 Å². The highest BCUT2D eigenvalue weighted by molar-refractivity contribution is 5.78. The Morgan fingerprint density at radius 3 is 2.15 bits per heavy atom. The van der Waals surface area contributed by atoms with Gasteiger partial charge in [0.15, 0.2) is 0 Å². The first-order valence-corrected chi connectivity index (χ1v) is 9.78. The molecule has 2 N–H and O–H groups in total. The van der Waals surface area contributed by atoms with E-state index in [1.54, 1.807) is 0 Å². The predicted octanol–water partition coefficient (Wildman–Crippen LogP) is 3.13. The summed E-state index contributed by atoms with van der Waals surface area (Å²) >= 11 is 0. The topological polar surface area (TPSA) is 63.4 Å². The molecule has 0 saturated carbocycles. The Bertz CT molecular complexity index is 748. The van der Waals surface area contributed by atoms with Crippen molar-refractivity contribution in [3.8, 4) is 0 Å². The summed E-state index contributed by atoms with van der Waals surface area (Å²) in [6.07, 6.45) is 4.77. The molecule has 0 unspecified atom stereocenters. The average molecular weight is 364 g/mol. The third-order valence-corrected chi connectivity index (χ3v) is 5.37. The number of aryl methyl sites for hydroxylation is 1. The molecule has 0 radical (unpaired) electrons. The summed E-state index contributed by atoms with van der Waals surface area (Å²) in [5.41, 5.74) is 8.76. The summed E-state index contributed by atoms with van der Waals surface area (Å²) in [4.78, 5) is 25.4. The molecule has 0 bridgehead atoms. The van der Waals surface area contributed by atoms with E-state index in [1.165, 1.54) is 5.56 Å². The van der Waals surface area contributed by atoms with Crippen molar-refractivity contribution in [1.29, 1.82) is 0 Å². The molecule has 27 heavy (non-hydrogen) atoms. The second kappa shape index (κ2) is 9.36. The summed E-state index contributed by atoms with van der Waals surface area (Å²) in [5.74, 6) is 0.605. The van der Waals surface area contributed by atoms with E-state index in [-0.39, 0.29) is 11.8 Å². The van der Waals surface area contributed by atoms with Gasteiger partial charge in [-0.05, 0) is 48.3 Å². The molecule has 142 valence electrons. The highest BCUT2D eigenvalue weighted by atomic mass is 16.2. The Morgan fingerprint density at radius 2 is 1.52 bits per heavy atom. The van der Waals surface area contributed by atoms with Crippen LogP contribution < -0.4 is 5.73 Å². The third kappa shape index (κ3) is 5.95. The van der Waals surface area contributed by atoms with Crippen molar-refractivity contribution in [2.45, 2.75) is 38.5 Å². The number of nitrogens with two attached hydrogens (primary N) is 1. The van der Waals surface area contributed by atoms with Gasteiger partial charge in [-0.25, -0.2) is 0 Å². The van der Waals surface area contributed by atoms with Crippen molar-refractivity contribution in [1.82, 2.24) is 4.90 Å². The van der Waals surface area contributed by atoms with Gasteiger partial charge in [-0.3, -0.25) is 9.59 Å². The lowest BCUT2D eigenvalue weighted by molar-refractivity contribution is -0.131. The number of likely N-dealkylation sites (tertiary alicyclic amines) is 1. The van der Waals surface area contributed by atoms with E-state index in [4.69, 9.17) is 5.73 Å². The zero-order valence-electron chi connectivity index (χ0n) is 15.8. The standard InChI is InChI=1S/C23H28N2O2/c24-22(26)11-10-18-6-8-20(9-7-18)16-21-12-14-25(15-13-21)23(27)17-19-4-2-1-3-5-19/h1-9,21H,10-17H2,(H2,24,26). The van der Waals surface area contributed by atoms with Crippen LogP contribution in [0, 0.1) is 5.92 Å². The fraction of sp³-hybridized carbons (Fsp3) is 0.391. The maximum atomic E-state index is 12.5. The van der Waals surface area contributed by atoms with Crippen molar-refractivity contribution < 1.29 is 9.59 Å². The predicted molar refractivity (Wildman–Crippen MR) is 107 cm³/mol. The summed E-state index contributed by atoms with van der Waals surface area (Å²) < 4.78 is 0. The lowest BCUT2D eigenvalue weighted by atomic mass is 9.89. The van der Waals surface area contributed by atoms with E-state index in [0.717, 1.165) is 43.5 Å². The second-order valence-electron chi connectivity index (χ2n) is 7.47. The molecule has 1 heterocycles. The van der Waals surface area contributed by atoms with Crippen LogP contribution in [0.4, 0.5) is 0 Å². The van der Waals surface area contributed by atoms with Gasteiger partial charge in [0.25, 0.3) is 0 Å². The van der Waals surface area contributed by atoms with Crippen LogP contribution in [-0.2, 0) is 28.9 Å². The molecule has 1 aliphatic rings. The van der Waals surface area contributed by atoms with E-state index in [1.807, 2.05) is 35.2 Å². The third-order valence-electron chi connectivity index (χ3n) is 5.37. The molecule has 1 aliphatic heterocycles. The monoisotopic (exact) mass is 364 g/mol. The summed E-state index contributed by atoms with van der Waals surface area (Å²) in [7, 11) is 0. The van der Waals surface area contributed by atoms with Crippen LogP contribution in [0.3, 0.4) is 0 Å². The number of hydrogen-bond acceptors (Lipinski definition) is 2. The molecule has 4 nitrogen and oxygen atoms in total. The van der Waals surface area contributed by atoms with Crippen molar-refractivity contribution >= 4 is 11.8 Å². The van der Waals surface area contributed by atoms with Crippen LogP contribution in [0.15, 0.2) is 54.6 Å². The van der Waals surface area contributed by atoms with E-state index in [9.17, 15) is 9.59 Å². The maximum absolute atomic E-state index is 12.5. The molecule has 2 aromatic rings. The zero-order chi connectivity index (χ0) is 19.1. The minimum Gasteiger partial charge on any atom is -0.370 e. The Morgan fingerprint density at radius 1 is 0.889 bits per heavy atom. The minimum absolute atomic E-state index is 0.235. The van der Waals surface area contributed by atoms with Crippen LogP contribution in [-0.4, -0.2) is 29.8 Å². The first kappa shape index (κ1) is 19.2. The Labute approximate surface area is 161 Å². The van der Waals surface area contributed by atoms with Gasteiger partial charge in [-0.2, -0.15) is 0 Å². The summed E-state index contributed by atoms with van der Waals surface area (Å²) in [5, 5.41) is 0. The van der Waals surface area contributed by atoms with Crippen LogP contribution in [0.1, 0.15) is 36.0 Å². The van der Waals surface area contributed by atoms with Gasteiger partial charge in [0.2, 0.25) is 11.8 Å². The number of rotatable bonds is 7.